The molecule has 0 radical (unpaired) electrons. The van der Waals surface area contributed by atoms with Crippen LogP contribution >= 0.6 is 0 Å². The fourth-order valence-corrected chi connectivity index (χ4v) is 1.82. The van der Waals surface area contributed by atoms with Crippen LogP contribution < -0.4 is 15.2 Å². The highest BCUT2D eigenvalue weighted by Gasteiger charge is 2.13. The highest BCUT2D eigenvalue weighted by atomic mass is 19.1. The Balaban J connectivity index is 2.15. The first-order valence-electron chi connectivity index (χ1n) is 6.18. The minimum absolute atomic E-state index is 0.0256. The summed E-state index contributed by atoms with van der Waals surface area (Å²) in [6.07, 6.45) is 0. The molecule has 0 aliphatic carbocycles. The van der Waals surface area contributed by atoms with E-state index in [4.69, 9.17) is 15.2 Å². The van der Waals surface area contributed by atoms with Crippen LogP contribution in [0, 0.1) is 17.5 Å². The average Bonchev–Trinajstić information content (AvgIpc) is 2.46. The van der Waals surface area contributed by atoms with Crippen molar-refractivity contribution in [3.63, 3.8) is 0 Å². The Kier molecular flexibility index (Phi) is 4.70. The first-order chi connectivity index (χ1) is 10.0. The third-order valence-corrected chi connectivity index (χ3v) is 2.89. The van der Waals surface area contributed by atoms with Crippen LogP contribution in [-0.2, 0) is 13.2 Å². The number of hydrogen-bond donors (Lipinski definition) is 1. The number of hydrogen-bond acceptors (Lipinski definition) is 3. The molecule has 2 aromatic carbocycles. The van der Waals surface area contributed by atoms with E-state index >= 15 is 0 Å². The van der Waals surface area contributed by atoms with E-state index < -0.39 is 23.2 Å². The third-order valence-electron chi connectivity index (χ3n) is 2.89. The highest BCUT2D eigenvalue weighted by Crippen LogP contribution is 2.25. The summed E-state index contributed by atoms with van der Waals surface area (Å²) in [5.74, 6) is -2.68. The van der Waals surface area contributed by atoms with Crippen molar-refractivity contribution < 1.29 is 22.6 Å². The summed E-state index contributed by atoms with van der Waals surface area (Å²) in [5, 5.41) is 0. The molecule has 2 N–H and O–H groups in total. The Morgan fingerprint density at radius 1 is 0.952 bits per heavy atom. The lowest BCUT2D eigenvalue weighted by Gasteiger charge is -2.10. The molecule has 0 amide bonds. The van der Waals surface area contributed by atoms with E-state index in [1.807, 2.05) is 0 Å². The maximum Gasteiger partial charge on any atom is 0.191 e. The third kappa shape index (κ3) is 3.46. The number of nitrogens with two attached hydrogens (primary N) is 1. The maximum absolute atomic E-state index is 13.7. The Labute approximate surface area is 120 Å². The van der Waals surface area contributed by atoms with Crippen LogP contribution in [0.1, 0.15) is 11.1 Å². The molecule has 0 aliphatic heterocycles. The summed E-state index contributed by atoms with van der Waals surface area (Å²) in [5.41, 5.74) is 6.07. The van der Waals surface area contributed by atoms with E-state index in [0.29, 0.717) is 11.1 Å². The smallest absolute Gasteiger partial charge is 0.191 e. The molecule has 0 spiro atoms. The van der Waals surface area contributed by atoms with E-state index in [0.717, 1.165) is 12.1 Å². The molecule has 0 aromatic heterocycles. The van der Waals surface area contributed by atoms with Gasteiger partial charge in [0, 0.05) is 6.54 Å². The molecule has 0 saturated heterocycles. The van der Waals surface area contributed by atoms with Gasteiger partial charge in [-0.15, -0.1) is 0 Å². The van der Waals surface area contributed by atoms with Crippen molar-refractivity contribution in [3.8, 4) is 11.5 Å². The molecule has 0 heterocycles. The second-order valence-corrected chi connectivity index (χ2v) is 4.35. The van der Waals surface area contributed by atoms with Gasteiger partial charge in [0.25, 0.3) is 0 Å². The van der Waals surface area contributed by atoms with Crippen LogP contribution in [-0.4, -0.2) is 7.11 Å². The number of halogens is 3. The van der Waals surface area contributed by atoms with Crippen molar-refractivity contribution in [2.75, 3.05) is 7.11 Å². The van der Waals surface area contributed by atoms with Crippen molar-refractivity contribution in [1.29, 1.82) is 0 Å². The van der Waals surface area contributed by atoms with Gasteiger partial charge in [0.2, 0.25) is 0 Å². The molecule has 6 heteroatoms. The van der Waals surface area contributed by atoms with Gasteiger partial charge in [-0.05, 0) is 35.4 Å². The lowest BCUT2D eigenvalue weighted by molar-refractivity contribution is 0.273. The molecule has 0 aliphatic rings. The van der Waals surface area contributed by atoms with Crippen LogP contribution in [0.25, 0.3) is 0 Å². The van der Waals surface area contributed by atoms with Gasteiger partial charge < -0.3 is 15.2 Å². The zero-order valence-corrected chi connectivity index (χ0v) is 11.3. The predicted molar refractivity (Wildman–Crippen MR) is 71.5 cm³/mol. The van der Waals surface area contributed by atoms with E-state index in [9.17, 15) is 13.2 Å². The molecule has 0 fully saturated rings. The van der Waals surface area contributed by atoms with Gasteiger partial charge in [0.05, 0.1) is 7.11 Å². The maximum atomic E-state index is 13.7. The number of ether oxygens (including phenoxy) is 2. The SMILES string of the molecule is COc1ccc(COc2c(F)cc(CN)cc2F)cc1F. The Hall–Kier alpha value is -2.21. The van der Waals surface area contributed by atoms with Gasteiger partial charge >= 0.3 is 0 Å². The van der Waals surface area contributed by atoms with Crippen LogP contribution in [0.15, 0.2) is 30.3 Å². The van der Waals surface area contributed by atoms with Gasteiger partial charge in [-0.1, -0.05) is 6.07 Å². The highest BCUT2D eigenvalue weighted by molar-refractivity contribution is 5.32. The molecule has 3 nitrogen and oxygen atoms in total. The van der Waals surface area contributed by atoms with E-state index in [-0.39, 0.29) is 18.9 Å². The zero-order chi connectivity index (χ0) is 15.4. The van der Waals surface area contributed by atoms with E-state index in [1.165, 1.54) is 19.2 Å². The number of rotatable bonds is 5. The summed E-state index contributed by atoms with van der Waals surface area (Å²) >= 11 is 0. The molecule has 2 aromatic rings. The lowest BCUT2D eigenvalue weighted by atomic mass is 10.2. The summed E-state index contributed by atoms with van der Waals surface area (Å²) in [6.45, 7) is -0.144. The molecule has 0 unspecified atom stereocenters. The van der Waals surface area contributed by atoms with Crippen molar-refractivity contribution in [2.45, 2.75) is 13.2 Å². The fourth-order valence-electron chi connectivity index (χ4n) is 1.82. The standard InChI is InChI=1S/C15H14F3NO2/c1-20-14-3-2-9(4-11(14)16)8-21-15-12(17)5-10(7-19)6-13(15)18/h2-6H,7-8,19H2,1H3. The second-order valence-electron chi connectivity index (χ2n) is 4.35. The molecule has 0 saturated carbocycles. The molecule has 0 atom stereocenters. The Bertz CT molecular complexity index is 624. The molecular formula is C15H14F3NO2. The van der Waals surface area contributed by atoms with Crippen LogP contribution in [0.3, 0.4) is 0 Å². The normalized spacial score (nSPS) is 10.5. The monoisotopic (exact) mass is 297 g/mol. The number of methoxy groups -OCH3 is 1. The van der Waals surface area contributed by atoms with Gasteiger partial charge in [-0.3, -0.25) is 0 Å². The molecular weight excluding hydrogens is 283 g/mol. The first kappa shape index (κ1) is 15.2. The summed E-state index contributed by atoms with van der Waals surface area (Å²) in [6, 6.07) is 6.35. The quantitative estimate of drug-likeness (QED) is 0.922. The molecule has 2 rings (SSSR count). The van der Waals surface area contributed by atoms with Gasteiger partial charge in [0.1, 0.15) is 6.61 Å². The van der Waals surface area contributed by atoms with Crippen LogP contribution in [0.2, 0.25) is 0 Å². The van der Waals surface area contributed by atoms with Crippen molar-refractivity contribution in [3.05, 3.63) is 58.9 Å². The van der Waals surface area contributed by atoms with Crippen molar-refractivity contribution in [2.24, 2.45) is 5.73 Å². The van der Waals surface area contributed by atoms with Gasteiger partial charge in [0.15, 0.2) is 29.0 Å². The van der Waals surface area contributed by atoms with Gasteiger partial charge in [-0.25, -0.2) is 13.2 Å². The summed E-state index contributed by atoms with van der Waals surface area (Å²) in [7, 11) is 1.35. The Morgan fingerprint density at radius 2 is 1.57 bits per heavy atom. The molecule has 21 heavy (non-hydrogen) atoms. The average molecular weight is 297 g/mol. The fraction of sp³-hybridized carbons (Fsp3) is 0.200. The van der Waals surface area contributed by atoms with E-state index in [1.54, 1.807) is 6.07 Å². The summed E-state index contributed by atoms with van der Waals surface area (Å²) in [4.78, 5) is 0. The minimum Gasteiger partial charge on any atom is -0.494 e. The predicted octanol–water partition coefficient (Wildman–Crippen LogP) is 3.15. The van der Waals surface area contributed by atoms with Crippen LogP contribution in [0.5, 0.6) is 11.5 Å². The second kappa shape index (κ2) is 6.49. The van der Waals surface area contributed by atoms with Gasteiger partial charge in [-0.2, -0.15) is 0 Å². The van der Waals surface area contributed by atoms with Crippen molar-refractivity contribution >= 4 is 0 Å². The van der Waals surface area contributed by atoms with Crippen LogP contribution in [0.4, 0.5) is 13.2 Å². The first-order valence-corrected chi connectivity index (χ1v) is 6.18. The summed E-state index contributed by atoms with van der Waals surface area (Å²) < 4.78 is 50.7. The molecule has 0 bridgehead atoms. The lowest BCUT2D eigenvalue weighted by Crippen LogP contribution is -2.04. The Morgan fingerprint density at radius 3 is 2.10 bits per heavy atom. The number of benzene rings is 2. The van der Waals surface area contributed by atoms with Crippen molar-refractivity contribution in [1.82, 2.24) is 0 Å². The molecule has 112 valence electrons. The van der Waals surface area contributed by atoms with E-state index in [2.05, 4.69) is 0 Å². The topological polar surface area (TPSA) is 44.5 Å². The largest absolute Gasteiger partial charge is 0.494 e. The zero-order valence-electron chi connectivity index (χ0n) is 11.3. The minimum atomic E-state index is -0.843.